The molecule has 1 N–H and O–H groups in total. The van der Waals surface area contributed by atoms with E-state index in [-0.39, 0.29) is 5.95 Å². The maximum atomic E-state index is 12.7. The molecule has 3 heterocycles. The molecule has 2 aliphatic heterocycles. The van der Waals surface area contributed by atoms with E-state index in [0.717, 1.165) is 38.7 Å². The highest BCUT2D eigenvalue weighted by atomic mass is 19.4. The molecule has 0 saturated carbocycles. The minimum Gasteiger partial charge on any atom is -0.338 e. The number of anilines is 1. The predicted octanol–water partition coefficient (Wildman–Crippen LogP) is 0.979. The summed E-state index contributed by atoms with van der Waals surface area (Å²) in [5.74, 6) is 0.175. The molecule has 2 saturated heterocycles. The maximum Gasteiger partial charge on any atom is 0.433 e. The van der Waals surface area contributed by atoms with Gasteiger partial charge in [-0.2, -0.15) is 13.2 Å². The van der Waals surface area contributed by atoms with Crippen molar-refractivity contribution in [1.29, 1.82) is 0 Å². The fourth-order valence-corrected chi connectivity index (χ4v) is 2.90. The van der Waals surface area contributed by atoms with Crippen molar-refractivity contribution in [2.75, 3.05) is 44.2 Å². The van der Waals surface area contributed by atoms with E-state index >= 15 is 0 Å². The van der Waals surface area contributed by atoms with Crippen LogP contribution in [0.1, 0.15) is 12.1 Å². The molecule has 0 bridgehead atoms. The van der Waals surface area contributed by atoms with Gasteiger partial charge < -0.3 is 10.2 Å². The van der Waals surface area contributed by atoms with Crippen LogP contribution in [0.3, 0.4) is 0 Å². The molecule has 0 amide bonds. The Morgan fingerprint density at radius 2 is 1.95 bits per heavy atom. The highest BCUT2D eigenvalue weighted by Crippen LogP contribution is 2.28. The summed E-state index contributed by atoms with van der Waals surface area (Å²) >= 11 is 0. The van der Waals surface area contributed by atoms with Gasteiger partial charge in [0.1, 0.15) is 5.69 Å². The molecular formula is C13H18F3N5. The number of piperazine rings is 1. The molecule has 116 valence electrons. The average molecular weight is 301 g/mol. The number of hydrogen-bond donors (Lipinski definition) is 1. The number of alkyl halides is 3. The molecule has 1 aromatic rings. The van der Waals surface area contributed by atoms with E-state index in [9.17, 15) is 13.2 Å². The molecular weight excluding hydrogens is 283 g/mol. The number of rotatable bonds is 2. The lowest BCUT2D eigenvalue weighted by molar-refractivity contribution is -0.141. The van der Waals surface area contributed by atoms with Crippen molar-refractivity contribution in [3.05, 3.63) is 18.0 Å². The summed E-state index contributed by atoms with van der Waals surface area (Å²) in [7, 11) is 0. The van der Waals surface area contributed by atoms with Gasteiger partial charge in [-0.15, -0.1) is 0 Å². The van der Waals surface area contributed by atoms with Crippen LogP contribution in [0.2, 0.25) is 0 Å². The zero-order valence-corrected chi connectivity index (χ0v) is 11.6. The van der Waals surface area contributed by atoms with Gasteiger partial charge in [0.05, 0.1) is 0 Å². The van der Waals surface area contributed by atoms with Gasteiger partial charge in [-0.25, -0.2) is 9.97 Å². The summed E-state index contributed by atoms with van der Waals surface area (Å²) < 4.78 is 38.0. The third-order valence-electron chi connectivity index (χ3n) is 4.08. The van der Waals surface area contributed by atoms with Crippen molar-refractivity contribution >= 4 is 5.95 Å². The molecule has 0 radical (unpaired) electrons. The summed E-state index contributed by atoms with van der Waals surface area (Å²) in [6, 6.07) is 1.46. The molecule has 2 aliphatic rings. The Kier molecular flexibility index (Phi) is 3.99. The largest absolute Gasteiger partial charge is 0.433 e. The summed E-state index contributed by atoms with van der Waals surface area (Å²) in [5, 5.41) is 3.33. The molecule has 8 heteroatoms. The van der Waals surface area contributed by atoms with Gasteiger partial charge in [0.15, 0.2) is 0 Å². The number of aromatic nitrogens is 2. The van der Waals surface area contributed by atoms with E-state index in [0.29, 0.717) is 19.1 Å². The molecule has 5 nitrogen and oxygen atoms in total. The van der Waals surface area contributed by atoms with Crippen molar-refractivity contribution in [3.8, 4) is 0 Å². The first kappa shape index (κ1) is 14.5. The second kappa shape index (κ2) is 5.76. The van der Waals surface area contributed by atoms with Gasteiger partial charge in [0, 0.05) is 45.0 Å². The average Bonchev–Trinajstić information content (AvgIpc) is 3.01. The number of halogens is 3. The minimum absolute atomic E-state index is 0.175. The normalized spacial score (nSPS) is 24.5. The second-order valence-corrected chi connectivity index (χ2v) is 5.41. The summed E-state index contributed by atoms with van der Waals surface area (Å²) in [4.78, 5) is 11.9. The third kappa shape index (κ3) is 3.26. The van der Waals surface area contributed by atoms with Gasteiger partial charge in [0.25, 0.3) is 0 Å². The van der Waals surface area contributed by atoms with E-state index < -0.39 is 11.9 Å². The van der Waals surface area contributed by atoms with E-state index in [2.05, 4.69) is 20.2 Å². The SMILES string of the molecule is FC(F)(F)c1ccnc(N2CCN(C3CCNC3)CC2)n1. The zero-order valence-electron chi connectivity index (χ0n) is 11.6. The molecule has 0 spiro atoms. The second-order valence-electron chi connectivity index (χ2n) is 5.41. The first-order valence-electron chi connectivity index (χ1n) is 7.14. The number of nitrogens with one attached hydrogen (secondary N) is 1. The van der Waals surface area contributed by atoms with Crippen LogP contribution in [0.15, 0.2) is 12.3 Å². The Morgan fingerprint density at radius 1 is 1.19 bits per heavy atom. The molecule has 21 heavy (non-hydrogen) atoms. The van der Waals surface area contributed by atoms with Crippen LogP contribution in [0, 0.1) is 0 Å². The van der Waals surface area contributed by atoms with Crippen molar-refractivity contribution in [2.45, 2.75) is 18.6 Å². The van der Waals surface area contributed by atoms with Crippen LogP contribution in [0.4, 0.5) is 19.1 Å². The number of hydrogen-bond acceptors (Lipinski definition) is 5. The topological polar surface area (TPSA) is 44.3 Å². The van der Waals surface area contributed by atoms with Crippen molar-refractivity contribution in [1.82, 2.24) is 20.2 Å². The Hall–Kier alpha value is -1.41. The Labute approximate surface area is 121 Å². The lowest BCUT2D eigenvalue weighted by atomic mass is 10.2. The summed E-state index contributed by atoms with van der Waals surface area (Å²) in [5.41, 5.74) is -0.880. The van der Waals surface area contributed by atoms with E-state index in [4.69, 9.17) is 0 Å². The van der Waals surface area contributed by atoms with Crippen LogP contribution in [-0.4, -0.2) is 60.2 Å². The van der Waals surface area contributed by atoms with Gasteiger partial charge in [-0.05, 0) is 19.0 Å². The lowest BCUT2D eigenvalue weighted by Crippen LogP contribution is -2.51. The molecule has 1 atom stereocenters. The summed E-state index contributed by atoms with van der Waals surface area (Å²) in [6.45, 7) is 5.05. The Balaban J connectivity index is 1.64. The van der Waals surface area contributed by atoms with Gasteiger partial charge >= 0.3 is 6.18 Å². The molecule has 0 aliphatic carbocycles. The first-order valence-corrected chi connectivity index (χ1v) is 7.14. The monoisotopic (exact) mass is 301 g/mol. The quantitative estimate of drug-likeness (QED) is 0.882. The van der Waals surface area contributed by atoms with E-state index in [1.165, 1.54) is 6.20 Å². The van der Waals surface area contributed by atoms with Gasteiger partial charge in [0.2, 0.25) is 5.95 Å². The number of nitrogens with zero attached hydrogens (tertiary/aromatic N) is 4. The molecule has 2 fully saturated rings. The molecule has 1 unspecified atom stereocenters. The minimum atomic E-state index is -4.42. The van der Waals surface area contributed by atoms with Crippen LogP contribution >= 0.6 is 0 Å². The van der Waals surface area contributed by atoms with Crippen molar-refractivity contribution in [3.63, 3.8) is 0 Å². The molecule has 0 aromatic carbocycles. The smallest absolute Gasteiger partial charge is 0.338 e. The van der Waals surface area contributed by atoms with E-state index in [1.807, 2.05) is 4.90 Å². The van der Waals surface area contributed by atoms with E-state index in [1.54, 1.807) is 0 Å². The van der Waals surface area contributed by atoms with Crippen molar-refractivity contribution < 1.29 is 13.2 Å². The Morgan fingerprint density at radius 3 is 2.57 bits per heavy atom. The first-order chi connectivity index (χ1) is 10.0. The van der Waals surface area contributed by atoms with Crippen LogP contribution < -0.4 is 10.2 Å². The van der Waals surface area contributed by atoms with Crippen LogP contribution in [0.5, 0.6) is 0 Å². The Bertz CT molecular complexity index is 479. The van der Waals surface area contributed by atoms with Gasteiger partial charge in [-0.3, -0.25) is 4.90 Å². The zero-order chi connectivity index (χ0) is 14.9. The molecule has 3 rings (SSSR count). The van der Waals surface area contributed by atoms with Crippen LogP contribution in [-0.2, 0) is 6.18 Å². The standard InChI is InChI=1S/C13H18F3N5/c14-13(15,16)11-2-4-18-12(19-11)21-7-5-20(6-8-21)10-1-3-17-9-10/h2,4,10,17H,1,3,5-9H2. The highest BCUT2D eigenvalue weighted by Gasteiger charge is 2.34. The van der Waals surface area contributed by atoms with Gasteiger partial charge in [-0.1, -0.05) is 0 Å². The summed E-state index contributed by atoms with van der Waals surface area (Å²) in [6.07, 6.45) is -2.10. The fourth-order valence-electron chi connectivity index (χ4n) is 2.90. The fraction of sp³-hybridized carbons (Fsp3) is 0.692. The van der Waals surface area contributed by atoms with Crippen molar-refractivity contribution in [2.24, 2.45) is 0 Å². The molecule has 1 aromatic heterocycles. The lowest BCUT2D eigenvalue weighted by Gasteiger charge is -2.37. The van der Waals surface area contributed by atoms with Crippen LogP contribution in [0.25, 0.3) is 0 Å². The maximum absolute atomic E-state index is 12.7. The third-order valence-corrected chi connectivity index (χ3v) is 4.08. The predicted molar refractivity (Wildman–Crippen MR) is 72.1 cm³/mol. The highest BCUT2D eigenvalue weighted by molar-refractivity contribution is 5.31.